The Kier molecular flexibility index (Phi) is 4.48. The van der Waals surface area contributed by atoms with E-state index >= 15 is 0 Å². The van der Waals surface area contributed by atoms with Gasteiger partial charge in [0.2, 0.25) is 0 Å². The van der Waals surface area contributed by atoms with Crippen molar-refractivity contribution in [3.63, 3.8) is 0 Å². The molecular weight excluding hydrogens is 302 g/mol. The van der Waals surface area contributed by atoms with Crippen molar-refractivity contribution in [3.05, 3.63) is 41.5 Å². The number of ether oxygens (including phenoxy) is 1. The summed E-state index contributed by atoms with van der Waals surface area (Å²) in [6.07, 6.45) is 6.66. The van der Waals surface area contributed by atoms with E-state index < -0.39 is 5.60 Å². The Bertz CT molecular complexity index is 672. The molecule has 0 saturated carbocycles. The number of fused-ring (bicyclic) bond motifs is 2. The Morgan fingerprint density at radius 3 is 2.67 bits per heavy atom. The molecule has 0 spiro atoms. The maximum atomic E-state index is 12.6. The van der Waals surface area contributed by atoms with Gasteiger partial charge in [-0.3, -0.25) is 9.69 Å². The molecule has 128 valence electrons. The molecule has 2 bridgehead atoms. The summed E-state index contributed by atoms with van der Waals surface area (Å²) in [4.78, 5) is 25.9. The van der Waals surface area contributed by atoms with E-state index in [0.717, 1.165) is 37.5 Å². The number of amides is 1. The first kappa shape index (κ1) is 16.7. The molecule has 1 fully saturated rings. The number of benzene rings is 1. The molecule has 3 rings (SSSR count). The highest BCUT2D eigenvalue weighted by molar-refractivity contribution is 5.86. The van der Waals surface area contributed by atoms with Crippen molar-refractivity contribution in [1.82, 2.24) is 4.90 Å². The van der Waals surface area contributed by atoms with Crippen molar-refractivity contribution in [1.29, 1.82) is 0 Å². The van der Waals surface area contributed by atoms with Gasteiger partial charge in [-0.2, -0.15) is 0 Å². The van der Waals surface area contributed by atoms with Gasteiger partial charge < -0.3 is 4.74 Å². The number of nitrogens with zero attached hydrogens (tertiary/aromatic N) is 1. The fourth-order valence-electron chi connectivity index (χ4n) is 3.72. The van der Waals surface area contributed by atoms with Gasteiger partial charge in [-0.25, -0.2) is 4.79 Å². The zero-order chi connectivity index (χ0) is 17.3. The molecule has 1 aromatic rings. The zero-order valence-electron chi connectivity index (χ0n) is 14.6. The Balaban J connectivity index is 1.90. The van der Waals surface area contributed by atoms with Crippen molar-refractivity contribution >= 4 is 18.0 Å². The van der Waals surface area contributed by atoms with Gasteiger partial charge >= 0.3 is 6.09 Å². The van der Waals surface area contributed by atoms with Crippen molar-refractivity contribution in [2.24, 2.45) is 0 Å². The normalized spacial score (nSPS) is 23.5. The molecule has 1 amide bonds. The van der Waals surface area contributed by atoms with Crippen LogP contribution in [-0.4, -0.2) is 35.0 Å². The van der Waals surface area contributed by atoms with Crippen LogP contribution in [0.25, 0.3) is 5.57 Å². The Labute approximate surface area is 143 Å². The summed E-state index contributed by atoms with van der Waals surface area (Å²) < 4.78 is 5.60. The first-order valence-electron chi connectivity index (χ1n) is 8.65. The van der Waals surface area contributed by atoms with Crippen LogP contribution >= 0.6 is 0 Å². The molecule has 2 heterocycles. The average molecular weight is 327 g/mol. The van der Waals surface area contributed by atoms with Crippen LogP contribution in [0.1, 0.15) is 62.4 Å². The van der Waals surface area contributed by atoms with Crippen molar-refractivity contribution < 1.29 is 14.3 Å². The molecule has 1 saturated heterocycles. The highest BCUT2D eigenvalue weighted by Crippen LogP contribution is 2.38. The van der Waals surface area contributed by atoms with Crippen LogP contribution in [0, 0.1) is 0 Å². The van der Waals surface area contributed by atoms with Crippen LogP contribution in [0.4, 0.5) is 4.79 Å². The average Bonchev–Trinajstić information content (AvgIpc) is 2.52. The van der Waals surface area contributed by atoms with E-state index in [-0.39, 0.29) is 18.2 Å². The van der Waals surface area contributed by atoms with Gasteiger partial charge in [-0.15, -0.1) is 0 Å². The topological polar surface area (TPSA) is 46.6 Å². The number of aldehydes is 1. The molecule has 0 radical (unpaired) electrons. The summed E-state index contributed by atoms with van der Waals surface area (Å²) in [5.74, 6) is 0. The van der Waals surface area contributed by atoms with E-state index in [0.29, 0.717) is 5.56 Å². The second-order valence-electron chi connectivity index (χ2n) is 7.64. The molecule has 2 unspecified atom stereocenters. The maximum Gasteiger partial charge on any atom is 0.411 e. The highest BCUT2D eigenvalue weighted by atomic mass is 16.6. The van der Waals surface area contributed by atoms with Crippen LogP contribution in [-0.2, 0) is 4.74 Å². The largest absolute Gasteiger partial charge is 0.444 e. The minimum Gasteiger partial charge on any atom is -0.444 e. The molecular formula is C20H25NO3. The third kappa shape index (κ3) is 3.37. The predicted octanol–water partition coefficient (Wildman–Crippen LogP) is 4.44. The number of carbonyl (C=O) groups excluding carboxylic acids is 2. The number of rotatable bonds is 2. The minimum absolute atomic E-state index is 0.0575. The highest BCUT2D eigenvalue weighted by Gasteiger charge is 2.39. The van der Waals surface area contributed by atoms with E-state index in [1.54, 1.807) is 0 Å². The van der Waals surface area contributed by atoms with Crippen LogP contribution in [0.2, 0.25) is 0 Å². The second kappa shape index (κ2) is 6.42. The third-order valence-electron chi connectivity index (χ3n) is 4.68. The monoisotopic (exact) mass is 327 g/mol. The van der Waals surface area contributed by atoms with Gasteiger partial charge in [-0.05, 0) is 57.6 Å². The molecule has 24 heavy (non-hydrogen) atoms. The van der Waals surface area contributed by atoms with E-state index in [1.165, 1.54) is 5.57 Å². The number of hydrogen-bond acceptors (Lipinski definition) is 3. The number of carbonyl (C=O) groups is 2. The van der Waals surface area contributed by atoms with Gasteiger partial charge in [0.05, 0.1) is 6.04 Å². The van der Waals surface area contributed by atoms with Gasteiger partial charge in [0, 0.05) is 11.6 Å². The Hall–Kier alpha value is -2.10. The predicted molar refractivity (Wildman–Crippen MR) is 93.9 cm³/mol. The lowest BCUT2D eigenvalue weighted by molar-refractivity contribution is 0.0000717. The van der Waals surface area contributed by atoms with Crippen LogP contribution in [0.15, 0.2) is 30.3 Å². The SMILES string of the molecule is CC(C)(C)OC(=O)N1C2C=C(c3ccccc3C=O)CC1CCC2. The van der Waals surface area contributed by atoms with Gasteiger partial charge in [0.1, 0.15) is 5.60 Å². The third-order valence-corrected chi connectivity index (χ3v) is 4.68. The lowest BCUT2D eigenvalue weighted by Crippen LogP contribution is -2.53. The molecule has 2 aliphatic rings. The van der Waals surface area contributed by atoms with Crippen LogP contribution in [0.3, 0.4) is 0 Å². The van der Waals surface area contributed by atoms with Gasteiger partial charge in [-0.1, -0.05) is 30.3 Å². The first-order valence-corrected chi connectivity index (χ1v) is 8.65. The first-order chi connectivity index (χ1) is 11.4. The molecule has 4 heteroatoms. The maximum absolute atomic E-state index is 12.6. The molecule has 2 atom stereocenters. The summed E-state index contributed by atoms with van der Waals surface area (Å²) in [7, 11) is 0. The molecule has 0 aromatic heterocycles. The molecule has 2 aliphatic heterocycles. The fourth-order valence-corrected chi connectivity index (χ4v) is 3.72. The lowest BCUT2D eigenvalue weighted by Gasteiger charge is -2.45. The smallest absolute Gasteiger partial charge is 0.411 e. The van der Waals surface area contributed by atoms with Crippen molar-refractivity contribution in [3.8, 4) is 0 Å². The van der Waals surface area contributed by atoms with E-state index in [1.807, 2.05) is 49.9 Å². The zero-order valence-corrected chi connectivity index (χ0v) is 14.6. The summed E-state index contributed by atoms with van der Waals surface area (Å²) in [5.41, 5.74) is 2.40. The van der Waals surface area contributed by atoms with Gasteiger partial charge in [0.25, 0.3) is 0 Å². The quantitative estimate of drug-likeness (QED) is 0.754. The summed E-state index contributed by atoms with van der Waals surface area (Å²) in [6.45, 7) is 5.69. The molecule has 1 aromatic carbocycles. The van der Waals surface area contributed by atoms with E-state index in [9.17, 15) is 9.59 Å². The second-order valence-corrected chi connectivity index (χ2v) is 7.64. The lowest BCUT2D eigenvalue weighted by atomic mass is 9.82. The molecule has 0 N–H and O–H groups in total. The van der Waals surface area contributed by atoms with E-state index in [4.69, 9.17) is 4.74 Å². The van der Waals surface area contributed by atoms with Gasteiger partial charge in [0.15, 0.2) is 6.29 Å². The molecule has 0 aliphatic carbocycles. The Morgan fingerprint density at radius 2 is 2.00 bits per heavy atom. The minimum atomic E-state index is -0.487. The van der Waals surface area contributed by atoms with E-state index in [2.05, 4.69) is 6.08 Å². The Morgan fingerprint density at radius 1 is 1.25 bits per heavy atom. The standard InChI is InChI=1S/C20H25NO3/c1-20(2,3)24-19(23)21-16-8-6-9-17(21)12-15(11-16)18-10-5-4-7-14(18)13-22/h4-5,7,10-11,13,16-17H,6,8-9,12H2,1-3H3. The number of piperidine rings is 1. The fraction of sp³-hybridized carbons (Fsp3) is 0.500. The summed E-state index contributed by atoms with van der Waals surface area (Å²) in [5, 5.41) is 0. The van der Waals surface area contributed by atoms with Crippen molar-refractivity contribution in [2.75, 3.05) is 0 Å². The van der Waals surface area contributed by atoms with Crippen LogP contribution < -0.4 is 0 Å². The summed E-state index contributed by atoms with van der Waals surface area (Å²) in [6, 6.07) is 7.89. The molecule has 4 nitrogen and oxygen atoms in total. The summed E-state index contributed by atoms with van der Waals surface area (Å²) >= 11 is 0. The number of hydrogen-bond donors (Lipinski definition) is 0. The van der Waals surface area contributed by atoms with Crippen molar-refractivity contribution in [2.45, 2.75) is 64.1 Å². The van der Waals surface area contributed by atoms with Crippen LogP contribution in [0.5, 0.6) is 0 Å².